The Kier molecular flexibility index (Phi) is 7.73. The molecule has 0 bridgehead atoms. The van der Waals surface area contributed by atoms with Crippen LogP contribution in [0.4, 0.5) is 23.7 Å². The van der Waals surface area contributed by atoms with E-state index >= 15 is 0 Å². The van der Waals surface area contributed by atoms with Crippen LogP contribution in [0.25, 0.3) is 0 Å². The van der Waals surface area contributed by atoms with Crippen LogP contribution >= 0.6 is 11.8 Å². The maximum absolute atomic E-state index is 12.3. The molecule has 9 heteroatoms. The maximum Gasteiger partial charge on any atom is 0.398 e. The number of halogens is 3. The number of para-hydroxylation sites is 1. The number of carbonyl (C=O) groups is 2. The second-order valence-corrected chi connectivity index (χ2v) is 5.71. The lowest BCUT2D eigenvalue weighted by Gasteiger charge is -2.12. The van der Waals surface area contributed by atoms with Crippen LogP contribution in [0.2, 0.25) is 0 Å². The van der Waals surface area contributed by atoms with E-state index in [2.05, 4.69) is 10.6 Å². The molecule has 4 N–H and O–H groups in total. The molecule has 0 radical (unpaired) electrons. The average molecular weight is 349 g/mol. The standard InChI is InChI=1S/C14H18F3N3O2S/c15-14(16,17)9-23-11-6-2-1-5-10(11)20-12(21)7-3-4-8-19-13(18)22/h1-2,5-6H,3-4,7-9H2,(H,20,21)(H3,18,19,22). The molecule has 23 heavy (non-hydrogen) atoms. The molecule has 0 atom stereocenters. The van der Waals surface area contributed by atoms with Crippen LogP contribution < -0.4 is 16.4 Å². The summed E-state index contributed by atoms with van der Waals surface area (Å²) in [4.78, 5) is 22.6. The van der Waals surface area contributed by atoms with Crippen molar-refractivity contribution < 1.29 is 22.8 Å². The minimum atomic E-state index is -4.27. The first-order valence-electron chi connectivity index (χ1n) is 6.89. The summed E-state index contributed by atoms with van der Waals surface area (Å²) in [5, 5.41) is 5.01. The fraction of sp³-hybridized carbons (Fsp3) is 0.429. The van der Waals surface area contributed by atoms with Crippen LogP contribution in [-0.4, -0.2) is 30.4 Å². The highest BCUT2D eigenvalue weighted by atomic mass is 32.2. The zero-order chi connectivity index (χ0) is 17.3. The number of hydrogen-bond donors (Lipinski definition) is 3. The fourth-order valence-electron chi connectivity index (χ4n) is 1.69. The average Bonchev–Trinajstić information content (AvgIpc) is 2.45. The number of amides is 3. The van der Waals surface area contributed by atoms with Crippen molar-refractivity contribution in [2.24, 2.45) is 5.73 Å². The second kappa shape index (κ2) is 9.29. The van der Waals surface area contributed by atoms with Crippen LogP contribution in [0.5, 0.6) is 0 Å². The van der Waals surface area contributed by atoms with Gasteiger partial charge in [0.05, 0.1) is 11.4 Å². The smallest absolute Gasteiger partial charge is 0.352 e. The molecule has 5 nitrogen and oxygen atoms in total. The highest BCUT2D eigenvalue weighted by Crippen LogP contribution is 2.32. The number of anilines is 1. The van der Waals surface area contributed by atoms with E-state index in [4.69, 9.17) is 5.73 Å². The van der Waals surface area contributed by atoms with Gasteiger partial charge in [0.1, 0.15) is 0 Å². The molecule has 0 saturated heterocycles. The number of urea groups is 1. The lowest BCUT2D eigenvalue weighted by molar-refractivity contribution is -0.116. The molecule has 1 aromatic carbocycles. The monoisotopic (exact) mass is 349 g/mol. The van der Waals surface area contributed by atoms with Crippen molar-refractivity contribution in [3.05, 3.63) is 24.3 Å². The molecule has 3 amide bonds. The van der Waals surface area contributed by atoms with Crippen LogP contribution in [0.1, 0.15) is 19.3 Å². The van der Waals surface area contributed by atoms with E-state index in [-0.39, 0.29) is 12.3 Å². The Morgan fingerprint density at radius 1 is 1.17 bits per heavy atom. The summed E-state index contributed by atoms with van der Waals surface area (Å²) in [5.74, 6) is -1.30. The Labute approximate surface area is 136 Å². The number of benzene rings is 1. The highest BCUT2D eigenvalue weighted by Gasteiger charge is 2.27. The zero-order valence-electron chi connectivity index (χ0n) is 12.3. The molecule has 0 fully saturated rings. The van der Waals surface area contributed by atoms with E-state index in [0.717, 1.165) is 0 Å². The molecule has 0 saturated carbocycles. The predicted molar refractivity (Wildman–Crippen MR) is 83.3 cm³/mol. The molecule has 1 rings (SSSR count). The number of thioether (sulfide) groups is 1. The fourth-order valence-corrected chi connectivity index (χ4v) is 2.46. The molecule has 128 valence electrons. The Morgan fingerprint density at radius 2 is 1.87 bits per heavy atom. The Balaban J connectivity index is 2.43. The van der Waals surface area contributed by atoms with Gasteiger partial charge in [0.15, 0.2) is 0 Å². The first-order valence-corrected chi connectivity index (χ1v) is 7.88. The number of carbonyl (C=O) groups excluding carboxylic acids is 2. The van der Waals surface area contributed by atoms with Crippen molar-refractivity contribution in [2.45, 2.75) is 30.3 Å². The van der Waals surface area contributed by atoms with Gasteiger partial charge in [-0.2, -0.15) is 13.2 Å². The van der Waals surface area contributed by atoms with Crippen molar-refractivity contribution in [1.29, 1.82) is 0 Å². The Morgan fingerprint density at radius 3 is 2.52 bits per heavy atom. The quantitative estimate of drug-likeness (QED) is 0.498. The third-order valence-corrected chi connectivity index (χ3v) is 3.82. The van der Waals surface area contributed by atoms with Gasteiger partial charge in [-0.05, 0) is 25.0 Å². The van der Waals surface area contributed by atoms with Crippen LogP contribution in [0.15, 0.2) is 29.2 Å². The molecule has 0 spiro atoms. The maximum atomic E-state index is 12.3. The third kappa shape index (κ3) is 8.97. The number of unbranched alkanes of at least 4 members (excludes halogenated alkanes) is 1. The van der Waals surface area contributed by atoms with Crippen molar-refractivity contribution in [3.8, 4) is 0 Å². The van der Waals surface area contributed by atoms with Crippen LogP contribution in [-0.2, 0) is 4.79 Å². The first kappa shape index (κ1) is 19.1. The summed E-state index contributed by atoms with van der Waals surface area (Å²) in [5.41, 5.74) is 5.26. The van der Waals surface area contributed by atoms with Crippen molar-refractivity contribution in [2.75, 3.05) is 17.6 Å². The Bertz CT molecular complexity index is 538. The number of nitrogens with two attached hydrogens (primary N) is 1. The summed E-state index contributed by atoms with van der Waals surface area (Å²) in [6.45, 7) is 0.376. The van der Waals surface area contributed by atoms with E-state index < -0.39 is 18.0 Å². The summed E-state index contributed by atoms with van der Waals surface area (Å²) in [6.07, 6.45) is -2.95. The highest BCUT2D eigenvalue weighted by molar-refractivity contribution is 7.99. The number of rotatable bonds is 8. The Hall–Kier alpha value is -1.90. The summed E-state index contributed by atoms with van der Waals surface area (Å²) in [7, 11) is 0. The largest absolute Gasteiger partial charge is 0.398 e. The normalized spacial score (nSPS) is 11.1. The van der Waals surface area contributed by atoms with Crippen molar-refractivity contribution in [1.82, 2.24) is 5.32 Å². The topological polar surface area (TPSA) is 84.2 Å². The van der Waals surface area contributed by atoms with E-state index in [9.17, 15) is 22.8 Å². The van der Waals surface area contributed by atoms with Gasteiger partial charge in [0, 0.05) is 17.9 Å². The minimum Gasteiger partial charge on any atom is -0.352 e. The minimum absolute atomic E-state index is 0.207. The molecule has 0 aliphatic carbocycles. The van der Waals surface area contributed by atoms with Gasteiger partial charge in [0.2, 0.25) is 5.91 Å². The van der Waals surface area contributed by atoms with Gasteiger partial charge in [-0.1, -0.05) is 12.1 Å². The molecule has 1 aromatic rings. The SMILES string of the molecule is NC(=O)NCCCCC(=O)Nc1ccccc1SCC(F)(F)F. The van der Waals surface area contributed by atoms with Crippen LogP contribution in [0.3, 0.4) is 0 Å². The molecular weight excluding hydrogens is 331 g/mol. The summed E-state index contributed by atoms with van der Waals surface area (Å²) < 4.78 is 36.9. The molecule has 0 unspecified atom stereocenters. The van der Waals surface area contributed by atoms with Gasteiger partial charge < -0.3 is 16.4 Å². The lowest BCUT2D eigenvalue weighted by atomic mass is 10.2. The van der Waals surface area contributed by atoms with Gasteiger partial charge in [0.25, 0.3) is 0 Å². The van der Waals surface area contributed by atoms with Gasteiger partial charge in [-0.3, -0.25) is 4.79 Å². The second-order valence-electron chi connectivity index (χ2n) is 4.70. The van der Waals surface area contributed by atoms with Crippen molar-refractivity contribution >= 4 is 29.4 Å². The summed E-state index contributed by atoms with van der Waals surface area (Å²) >= 11 is 0.630. The van der Waals surface area contributed by atoms with Gasteiger partial charge in [-0.15, -0.1) is 11.8 Å². The van der Waals surface area contributed by atoms with Crippen molar-refractivity contribution in [3.63, 3.8) is 0 Å². The van der Waals surface area contributed by atoms with E-state index in [1.165, 1.54) is 6.07 Å². The first-order chi connectivity index (χ1) is 10.8. The third-order valence-electron chi connectivity index (χ3n) is 2.68. The van der Waals surface area contributed by atoms with Gasteiger partial charge >= 0.3 is 12.2 Å². The summed E-state index contributed by atoms with van der Waals surface area (Å²) in [6, 6.07) is 5.73. The molecule has 0 aliphatic rings. The molecule has 0 heterocycles. The number of hydrogen-bond acceptors (Lipinski definition) is 3. The molecule has 0 aliphatic heterocycles. The van der Waals surface area contributed by atoms with E-state index in [1.54, 1.807) is 18.2 Å². The number of primary amides is 1. The van der Waals surface area contributed by atoms with Gasteiger partial charge in [-0.25, -0.2) is 4.79 Å². The van der Waals surface area contributed by atoms with E-state index in [0.29, 0.717) is 41.7 Å². The predicted octanol–water partition coefficient (Wildman–Crippen LogP) is 3.12. The number of alkyl halides is 3. The van der Waals surface area contributed by atoms with Crippen LogP contribution in [0, 0.1) is 0 Å². The number of nitrogens with one attached hydrogen (secondary N) is 2. The van der Waals surface area contributed by atoms with E-state index in [1.807, 2.05) is 0 Å². The lowest BCUT2D eigenvalue weighted by Crippen LogP contribution is -2.30. The molecule has 0 aromatic heterocycles. The zero-order valence-corrected chi connectivity index (χ0v) is 13.1. The molecular formula is C14H18F3N3O2S.